The molecule has 0 aromatic heterocycles. The Morgan fingerprint density at radius 2 is 1.93 bits per heavy atom. The van der Waals surface area contributed by atoms with Crippen molar-refractivity contribution >= 4 is 0 Å². The Morgan fingerprint density at radius 3 is 2.57 bits per heavy atom. The Balaban J connectivity index is 1.78. The highest BCUT2D eigenvalue weighted by Crippen LogP contribution is 2.24. The number of likely N-dealkylation sites (N-methyl/N-ethyl adjacent to an activating group) is 1. The number of rotatable bonds is 2. The predicted molar refractivity (Wildman–Crippen MR) is 60.5 cm³/mol. The molecule has 2 nitrogen and oxygen atoms in total. The monoisotopic (exact) mass is 196 g/mol. The molecule has 0 bridgehead atoms. The molecule has 82 valence electrons. The standard InChI is InChI=1S/C12H24N2/c1-10-5-3-4-6-12(10)13-11-7-8-14(2)9-11/h10-13H,3-9H2,1-2H3. The molecule has 0 aromatic carbocycles. The van der Waals surface area contributed by atoms with E-state index in [0.717, 1.165) is 18.0 Å². The molecule has 2 fully saturated rings. The van der Waals surface area contributed by atoms with Gasteiger partial charge in [0.1, 0.15) is 0 Å². The zero-order valence-corrected chi connectivity index (χ0v) is 9.63. The van der Waals surface area contributed by atoms with E-state index in [1.807, 2.05) is 0 Å². The molecule has 0 aromatic rings. The molecule has 3 atom stereocenters. The van der Waals surface area contributed by atoms with Crippen LogP contribution in [0.3, 0.4) is 0 Å². The van der Waals surface area contributed by atoms with Gasteiger partial charge in [0.15, 0.2) is 0 Å². The van der Waals surface area contributed by atoms with E-state index in [1.165, 1.54) is 45.2 Å². The summed E-state index contributed by atoms with van der Waals surface area (Å²) in [6, 6.07) is 1.57. The Bertz CT molecular complexity index is 181. The summed E-state index contributed by atoms with van der Waals surface area (Å²) in [6.07, 6.45) is 7.07. The fourth-order valence-electron chi connectivity index (χ4n) is 2.94. The lowest BCUT2D eigenvalue weighted by molar-refractivity contribution is 0.257. The van der Waals surface area contributed by atoms with Crippen molar-refractivity contribution in [3.05, 3.63) is 0 Å². The van der Waals surface area contributed by atoms with Crippen LogP contribution in [0.2, 0.25) is 0 Å². The smallest absolute Gasteiger partial charge is 0.0209 e. The normalized spacial score (nSPS) is 40.3. The van der Waals surface area contributed by atoms with Gasteiger partial charge >= 0.3 is 0 Å². The quantitative estimate of drug-likeness (QED) is 0.725. The van der Waals surface area contributed by atoms with Gasteiger partial charge in [0.2, 0.25) is 0 Å². The summed E-state index contributed by atoms with van der Waals surface area (Å²) in [5.74, 6) is 0.898. The Kier molecular flexibility index (Phi) is 3.45. The third-order valence-electron chi connectivity index (χ3n) is 3.95. The SMILES string of the molecule is CC1CCCCC1NC1CCN(C)C1. The number of hydrogen-bond acceptors (Lipinski definition) is 2. The molecule has 1 aliphatic heterocycles. The van der Waals surface area contributed by atoms with Crippen LogP contribution in [0.4, 0.5) is 0 Å². The summed E-state index contributed by atoms with van der Waals surface area (Å²) in [7, 11) is 2.23. The second kappa shape index (κ2) is 4.63. The molecular formula is C12H24N2. The van der Waals surface area contributed by atoms with E-state index < -0.39 is 0 Å². The number of nitrogens with zero attached hydrogens (tertiary/aromatic N) is 1. The van der Waals surface area contributed by atoms with Crippen LogP contribution < -0.4 is 5.32 Å². The second-order valence-electron chi connectivity index (χ2n) is 5.28. The molecule has 0 radical (unpaired) electrons. The average molecular weight is 196 g/mol. The number of hydrogen-bond donors (Lipinski definition) is 1. The van der Waals surface area contributed by atoms with Gasteiger partial charge in [-0.3, -0.25) is 0 Å². The average Bonchev–Trinajstić information content (AvgIpc) is 2.56. The van der Waals surface area contributed by atoms with Crippen LogP contribution in [0.1, 0.15) is 39.0 Å². The lowest BCUT2D eigenvalue weighted by Crippen LogP contribution is -2.44. The first-order valence-corrected chi connectivity index (χ1v) is 6.20. The van der Waals surface area contributed by atoms with Crippen LogP contribution in [0.5, 0.6) is 0 Å². The topological polar surface area (TPSA) is 15.3 Å². The zero-order chi connectivity index (χ0) is 9.97. The second-order valence-corrected chi connectivity index (χ2v) is 5.28. The van der Waals surface area contributed by atoms with Crippen LogP contribution in [0, 0.1) is 5.92 Å². The molecular weight excluding hydrogens is 172 g/mol. The minimum Gasteiger partial charge on any atom is -0.310 e. The van der Waals surface area contributed by atoms with Gasteiger partial charge in [-0.2, -0.15) is 0 Å². The Hall–Kier alpha value is -0.0800. The largest absolute Gasteiger partial charge is 0.310 e. The van der Waals surface area contributed by atoms with E-state index in [4.69, 9.17) is 0 Å². The van der Waals surface area contributed by atoms with Crippen LogP contribution >= 0.6 is 0 Å². The maximum atomic E-state index is 3.86. The van der Waals surface area contributed by atoms with Gasteiger partial charge < -0.3 is 10.2 Å². The summed E-state index contributed by atoms with van der Waals surface area (Å²) >= 11 is 0. The third kappa shape index (κ3) is 2.48. The van der Waals surface area contributed by atoms with Crippen molar-refractivity contribution in [2.45, 2.75) is 51.1 Å². The minimum absolute atomic E-state index is 0.769. The van der Waals surface area contributed by atoms with E-state index in [-0.39, 0.29) is 0 Å². The molecule has 3 unspecified atom stereocenters. The lowest BCUT2D eigenvalue weighted by atomic mass is 9.85. The van der Waals surface area contributed by atoms with E-state index in [1.54, 1.807) is 0 Å². The highest BCUT2D eigenvalue weighted by Gasteiger charge is 2.26. The van der Waals surface area contributed by atoms with Gasteiger partial charge in [0, 0.05) is 18.6 Å². The molecule has 1 heterocycles. The summed E-state index contributed by atoms with van der Waals surface area (Å²) in [6.45, 7) is 4.94. The molecule has 2 aliphatic rings. The molecule has 1 N–H and O–H groups in total. The van der Waals surface area contributed by atoms with Crippen molar-refractivity contribution in [1.82, 2.24) is 10.2 Å². The number of likely N-dealkylation sites (tertiary alicyclic amines) is 1. The molecule has 0 amide bonds. The molecule has 0 spiro atoms. The number of nitrogens with one attached hydrogen (secondary N) is 1. The van der Waals surface area contributed by atoms with Crippen LogP contribution in [-0.4, -0.2) is 37.1 Å². The first-order chi connectivity index (χ1) is 6.75. The van der Waals surface area contributed by atoms with Crippen molar-refractivity contribution in [1.29, 1.82) is 0 Å². The van der Waals surface area contributed by atoms with E-state index in [2.05, 4.69) is 24.2 Å². The van der Waals surface area contributed by atoms with Crippen molar-refractivity contribution in [2.24, 2.45) is 5.92 Å². The van der Waals surface area contributed by atoms with Gasteiger partial charge in [-0.25, -0.2) is 0 Å². The first kappa shape index (κ1) is 10.4. The maximum Gasteiger partial charge on any atom is 0.0209 e. The van der Waals surface area contributed by atoms with E-state index in [0.29, 0.717) is 0 Å². The Morgan fingerprint density at radius 1 is 1.14 bits per heavy atom. The summed E-state index contributed by atoms with van der Waals surface area (Å²) < 4.78 is 0. The van der Waals surface area contributed by atoms with Gasteiger partial charge in [0.25, 0.3) is 0 Å². The molecule has 2 rings (SSSR count). The molecule has 2 heteroatoms. The van der Waals surface area contributed by atoms with Crippen molar-refractivity contribution in [2.75, 3.05) is 20.1 Å². The van der Waals surface area contributed by atoms with Gasteiger partial charge in [-0.1, -0.05) is 19.8 Å². The van der Waals surface area contributed by atoms with Crippen LogP contribution in [-0.2, 0) is 0 Å². The van der Waals surface area contributed by atoms with Gasteiger partial charge in [-0.15, -0.1) is 0 Å². The third-order valence-corrected chi connectivity index (χ3v) is 3.95. The minimum atomic E-state index is 0.769. The summed E-state index contributed by atoms with van der Waals surface area (Å²) in [5, 5.41) is 3.86. The fourth-order valence-corrected chi connectivity index (χ4v) is 2.94. The first-order valence-electron chi connectivity index (χ1n) is 6.20. The molecule has 1 saturated carbocycles. The van der Waals surface area contributed by atoms with Gasteiger partial charge in [0.05, 0.1) is 0 Å². The highest BCUT2D eigenvalue weighted by atomic mass is 15.2. The Labute approximate surface area is 88.1 Å². The van der Waals surface area contributed by atoms with Crippen molar-refractivity contribution < 1.29 is 0 Å². The van der Waals surface area contributed by atoms with E-state index in [9.17, 15) is 0 Å². The summed E-state index contributed by atoms with van der Waals surface area (Å²) in [4.78, 5) is 2.44. The van der Waals surface area contributed by atoms with Crippen molar-refractivity contribution in [3.8, 4) is 0 Å². The highest BCUT2D eigenvalue weighted by molar-refractivity contribution is 4.86. The predicted octanol–water partition coefficient (Wildman–Crippen LogP) is 1.86. The van der Waals surface area contributed by atoms with Crippen molar-refractivity contribution in [3.63, 3.8) is 0 Å². The van der Waals surface area contributed by atoms with Gasteiger partial charge in [-0.05, 0) is 38.8 Å². The lowest BCUT2D eigenvalue weighted by Gasteiger charge is -2.32. The molecule has 1 saturated heterocycles. The fraction of sp³-hybridized carbons (Fsp3) is 1.00. The zero-order valence-electron chi connectivity index (χ0n) is 9.63. The molecule has 1 aliphatic carbocycles. The maximum absolute atomic E-state index is 3.86. The summed E-state index contributed by atoms with van der Waals surface area (Å²) in [5.41, 5.74) is 0. The molecule has 14 heavy (non-hydrogen) atoms. The van der Waals surface area contributed by atoms with E-state index >= 15 is 0 Å². The van der Waals surface area contributed by atoms with Crippen LogP contribution in [0.25, 0.3) is 0 Å². The van der Waals surface area contributed by atoms with Crippen LogP contribution in [0.15, 0.2) is 0 Å².